The van der Waals surface area contributed by atoms with Gasteiger partial charge in [0.1, 0.15) is 5.69 Å². The number of rotatable bonds is 5. The number of aromatic amines is 1. The van der Waals surface area contributed by atoms with Gasteiger partial charge in [0.05, 0.1) is 20.3 Å². The Kier molecular flexibility index (Phi) is 4.86. The smallest absolute Gasteiger partial charge is 0.268 e. The summed E-state index contributed by atoms with van der Waals surface area (Å²) in [7, 11) is 3.17. The summed E-state index contributed by atoms with van der Waals surface area (Å²) in [4.78, 5) is 15.6. The number of carbonyl (C=O) groups excluding carboxylic acids is 1. The number of aromatic nitrogens is 1. The predicted octanol–water partition coefficient (Wildman–Crippen LogP) is 4.33. The van der Waals surface area contributed by atoms with Crippen molar-refractivity contribution in [3.8, 4) is 11.5 Å². The second-order valence-electron chi connectivity index (χ2n) is 5.72. The molecule has 1 amide bonds. The number of H-pyrrole nitrogens is 1. The average Bonchev–Trinajstić information content (AvgIpc) is 3.04. The first kappa shape index (κ1) is 17.2. The van der Waals surface area contributed by atoms with Gasteiger partial charge in [0.25, 0.3) is 5.91 Å². The molecule has 2 N–H and O–H groups in total. The number of fused-ring (bicyclic) bond motifs is 1. The molecule has 3 rings (SSSR count). The third-order valence-corrected chi connectivity index (χ3v) is 4.32. The molecule has 0 fully saturated rings. The molecule has 0 saturated carbocycles. The highest BCUT2D eigenvalue weighted by atomic mass is 35.5. The predicted molar refractivity (Wildman–Crippen MR) is 98.7 cm³/mol. The Morgan fingerprint density at radius 1 is 1.08 bits per heavy atom. The molecule has 0 bridgehead atoms. The third-order valence-electron chi connectivity index (χ3n) is 4.08. The number of carbonyl (C=O) groups is 1. The topological polar surface area (TPSA) is 63.3 Å². The summed E-state index contributed by atoms with van der Waals surface area (Å²) < 4.78 is 10.5. The third kappa shape index (κ3) is 3.56. The molecule has 5 nitrogen and oxygen atoms in total. The SMILES string of the molecule is COc1ccc([C@@H](C)NC(=O)c2cc3cc(Cl)ccc3[nH]2)cc1OC. The van der Waals surface area contributed by atoms with E-state index in [0.717, 1.165) is 16.5 Å². The molecule has 1 heterocycles. The summed E-state index contributed by atoms with van der Waals surface area (Å²) in [6.45, 7) is 1.92. The lowest BCUT2D eigenvalue weighted by atomic mass is 10.1. The fourth-order valence-corrected chi connectivity index (χ4v) is 2.89. The Bertz CT molecular complexity index is 920. The van der Waals surface area contributed by atoms with Crippen LogP contribution in [0.3, 0.4) is 0 Å². The van der Waals surface area contributed by atoms with Gasteiger partial charge in [0, 0.05) is 15.9 Å². The molecule has 0 saturated heterocycles. The van der Waals surface area contributed by atoms with E-state index >= 15 is 0 Å². The normalized spacial score (nSPS) is 12.0. The van der Waals surface area contributed by atoms with Gasteiger partial charge in [-0.15, -0.1) is 0 Å². The maximum atomic E-state index is 12.5. The van der Waals surface area contributed by atoms with Gasteiger partial charge in [-0.05, 0) is 48.9 Å². The summed E-state index contributed by atoms with van der Waals surface area (Å²) in [5.41, 5.74) is 2.28. The zero-order chi connectivity index (χ0) is 18.0. The number of methoxy groups -OCH3 is 2. The van der Waals surface area contributed by atoms with Crippen molar-refractivity contribution in [2.45, 2.75) is 13.0 Å². The number of amides is 1. The minimum absolute atomic E-state index is 0.186. The standard InChI is InChI=1S/C19H19ClN2O3/c1-11(12-4-7-17(24-2)18(10-12)25-3)21-19(23)16-9-13-8-14(20)5-6-15(13)22-16/h4-11,22H,1-3H3,(H,21,23)/t11-/m1/s1. The molecule has 25 heavy (non-hydrogen) atoms. The summed E-state index contributed by atoms with van der Waals surface area (Å²) in [6, 6.07) is 12.6. The highest BCUT2D eigenvalue weighted by Crippen LogP contribution is 2.30. The Morgan fingerprint density at radius 3 is 2.56 bits per heavy atom. The minimum atomic E-state index is -0.192. The first-order chi connectivity index (χ1) is 12.0. The highest BCUT2D eigenvalue weighted by Gasteiger charge is 2.15. The highest BCUT2D eigenvalue weighted by molar-refractivity contribution is 6.31. The molecule has 1 aromatic heterocycles. The molecular weight excluding hydrogens is 340 g/mol. The van der Waals surface area contributed by atoms with Crippen LogP contribution in [0.25, 0.3) is 10.9 Å². The maximum absolute atomic E-state index is 12.5. The molecular formula is C19H19ClN2O3. The molecule has 0 spiro atoms. The number of halogens is 1. The van der Waals surface area contributed by atoms with Crippen molar-refractivity contribution in [3.05, 3.63) is 58.7 Å². The molecule has 130 valence electrons. The molecule has 1 atom stereocenters. The van der Waals surface area contributed by atoms with E-state index in [4.69, 9.17) is 21.1 Å². The molecule has 6 heteroatoms. The van der Waals surface area contributed by atoms with Gasteiger partial charge in [-0.1, -0.05) is 17.7 Å². The van der Waals surface area contributed by atoms with E-state index in [-0.39, 0.29) is 11.9 Å². The lowest BCUT2D eigenvalue weighted by Crippen LogP contribution is -2.26. The van der Waals surface area contributed by atoms with Crippen LogP contribution in [-0.4, -0.2) is 25.1 Å². The van der Waals surface area contributed by atoms with Crippen molar-refractivity contribution in [2.75, 3.05) is 14.2 Å². The van der Waals surface area contributed by atoms with Gasteiger partial charge < -0.3 is 19.8 Å². The average molecular weight is 359 g/mol. The van der Waals surface area contributed by atoms with Crippen molar-refractivity contribution < 1.29 is 14.3 Å². The largest absolute Gasteiger partial charge is 0.493 e. The van der Waals surface area contributed by atoms with E-state index in [1.807, 2.05) is 37.3 Å². The van der Waals surface area contributed by atoms with Gasteiger partial charge in [-0.2, -0.15) is 0 Å². The Labute approximate surface area is 150 Å². The van der Waals surface area contributed by atoms with E-state index in [2.05, 4.69) is 10.3 Å². The molecule has 0 aliphatic carbocycles. The maximum Gasteiger partial charge on any atom is 0.268 e. The van der Waals surface area contributed by atoms with E-state index in [1.54, 1.807) is 26.4 Å². The van der Waals surface area contributed by atoms with Gasteiger partial charge >= 0.3 is 0 Å². The van der Waals surface area contributed by atoms with Crippen molar-refractivity contribution in [2.24, 2.45) is 0 Å². The molecule has 2 aromatic carbocycles. The number of hydrogen-bond acceptors (Lipinski definition) is 3. The molecule has 3 aromatic rings. The van der Waals surface area contributed by atoms with Gasteiger partial charge in [0.15, 0.2) is 11.5 Å². The number of hydrogen-bond donors (Lipinski definition) is 2. The fraction of sp³-hybridized carbons (Fsp3) is 0.211. The lowest BCUT2D eigenvalue weighted by molar-refractivity contribution is 0.0935. The number of nitrogens with one attached hydrogen (secondary N) is 2. The van der Waals surface area contributed by atoms with Crippen molar-refractivity contribution >= 4 is 28.4 Å². The number of benzene rings is 2. The van der Waals surface area contributed by atoms with Gasteiger partial charge in [-0.25, -0.2) is 0 Å². The van der Waals surface area contributed by atoms with E-state index in [1.165, 1.54) is 0 Å². The quantitative estimate of drug-likeness (QED) is 0.713. The van der Waals surface area contributed by atoms with Crippen LogP contribution in [0.15, 0.2) is 42.5 Å². The molecule has 0 radical (unpaired) electrons. The molecule has 0 aliphatic rings. The van der Waals surface area contributed by atoms with E-state index in [0.29, 0.717) is 22.2 Å². The van der Waals surface area contributed by atoms with Crippen molar-refractivity contribution in [1.82, 2.24) is 10.3 Å². The number of ether oxygens (including phenoxy) is 2. The molecule has 0 unspecified atom stereocenters. The Morgan fingerprint density at radius 2 is 1.84 bits per heavy atom. The first-order valence-corrected chi connectivity index (χ1v) is 8.20. The van der Waals surface area contributed by atoms with Crippen LogP contribution in [0.1, 0.15) is 29.0 Å². The van der Waals surface area contributed by atoms with Crippen LogP contribution in [0.4, 0.5) is 0 Å². The van der Waals surface area contributed by atoms with Crippen molar-refractivity contribution in [3.63, 3.8) is 0 Å². The van der Waals surface area contributed by atoms with E-state index < -0.39 is 0 Å². The minimum Gasteiger partial charge on any atom is -0.493 e. The van der Waals surface area contributed by atoms with Crippen LogP contribution in [0.2, 0.25) is 5.02 Å². The van der Waals surface area contributed by atoms with Crippen LogP contribution in [0.5, 0.6) is 11.5 Å². The first-order valence-electron chi connectivity index (χ1n) is 7.83. The van der Waals surface area contributed by atoms with Crippen LogP contribution < -0.4 is 14.8 Å². The van der Waals surface area contributed by atoms with Crippen LogP contribution in [0, 0.1) is 0 Å². The second-order valence-corrected chi connectivity index (χ2v) is 6.16. The summed E-state index contributed by atoms with van der Waals surface area (Å²) in [5.74, 6) is 1.09. The fourth-order valence-electron chi connectivity index (χ4n) is 2.71. The van der Waals surface area contributed by atoms with Gasteiger partial charge in [0.2, 0.25) is 0 Å². The van der Waals surface area contributed by atoms with Crippen LogP contribution in [-0.2, 0) is 0 Å². The zero-order valence-electron chi connectivity index (χ0n) is 14.2. The second kappa shape index (κ2) is 7.07. The van der Waals surface area contributed by atoms with Crippen molar-refractivity contribution in [1.29, 1.82) is 0 Å². The summed E-state index contributed by atoms with van der Waals surface area (Å²) in [6.07, 6.45) is 0. The summed E-state index contributed by atoms with van der Waals surface area (Å²) >= 11 is 5.99. The van der Waals surface area contributed by atoms with E-state index in [9.17, 15) is 4.79 Å². The lowest BCUT2D eigenvalue weighted by Gasteiger charge is -2.16. The van der Waals surface area contributed by atoms with Crippen LogP contribution >= 0.6 is 11.6 Å². The monoisotopic (exact) mass is 358 g/mol. The Balaban J connectivity index is 1.79. The Hall–Kier alpha value is -2.66. The summed E-state index contributed by atoms with van der Waals surface area (Å²) in [5, 5.41) is 4.51. The zero-order valence-corrected chi connectivity index (χ0v) is 15.0. The molecule has 0 aliphatic heterocycles. The van der Waals surface area contributed by atoms with Gasteiger partial charge in [-0.3, -0.25) is 4.79 Å².